The summed E-state index contributed by atoms with van der Waals surface area (Å²) in [7, 11) is -2.54. The second-order valence-corrected chi connectivity index (χ2v) is 18.3. The summed E-state index contributed by atoms with van der Waals surface area (Å²) in [5, 5.41) is 0. The van der Waals surface area contributed by atoms with E-state index >= 15 is 0 Å². The minimum absolute atomic E-state index is 0.504. The van der Waals surface area contributed by atoms with Crippen LogP contribution in [0, 0.1) is 0 Å². The van der Waals surface area contributed by atoms with Gasteiger partial charge >= 0.3 is 8.69 Å². The van der Waals surface area contributed by atoms with Crippen molar-refractivity contribution in [2.45, 2.75) is 258 Å². The zero-order valence-corrected chi connectivity index (χ0v) is 38.4. The Kier molecular flexibility index (Phi) is 32.9. The fourth-order valence-corrected chi connectivity index (χ4v) is 8.84. The van der Waals surface area contributed by atoms with Crippen LogP contribution in [0.25, 0.3) is 0 Å². The third-order valence-electron chi connectivity index (χ3n) is 12.2. The number of halogens is 1. The van der Waals surface area contributed by atoms with Crippen molar-refractivity contribution in [2.24, 2.45) is 0 Å². The maximum atomic E-state index is 14.8. The Morgan fingerprint density at radius 1 is 0.357 bits per heavy atom. The molecule has 0 radical (unpaired) electrons. The van der Waals surface area contributed by atoms with E-state index in [-0.39, 0.29) is 0 Å². The molecule has 0 saturated heterocycles. The highest BCUT2D eigenvalue weighted by molar-refractivity contribution is 7.42. The molecule has 0 fully saturated rings. The number of rotatable bonds is 40. The van der Waals surface area contributed by atoms with Crippen molar-refractivity contribution >= 4 is 8.69 Å². The van der Waals surface area contributed by atoms with Gasteiger partial charge in [0.2, 0.25) is 0 Å². The van der Waals surface area contributed by atoms with Crippen molar-refractivity contribution in [2.75, 3.05) is 0 Å². The summed E-state index contributed by atoms with van der Waals surface area (Å²) in [6.45, 7) is 9.19. The normalized spacial score (nSPS) is 13.2. The van der Waals surface area contributed by atoms with Gasteiger partial charge in [-0.3, -0.25) is 0 Å². The Morgan fingerprint density at radius 3 is 0.804 bits per heavy atom. The topological polar surface area (TPSA) is 18.5 Å². The summed E-state index contributed by atoms with van der Waals surface area (Å²) < 4.78 is 25.9. The van der Waals surface area contributed by atoms with Crippen LogP contribution in [0.5, 0.6) is 11.5 Å². The number of benzene rings is 2. The molecule has 0 amide bonds. The molecule has 0 aliphatic carbocycles. The van der Waals surface area contributed by atoms with Crippen molar-refractivity contribution in [3.05, 3.63) is 59.7 Å². The zero-order valence-electron chi connectivity index (χ0n) is 37.5. The first-order chi connectivity index (χ1) is 27.5. The third kappa shape index (κ3) is 27.9. The Hall–Kier alpha value is -1.60. The molecule has 2 rings (SSSR count). The quantitative estimate of drug-likeness (QED) is 0.0494. The lowest BCUT2D eigenvalue weighted by molar-refractivity contribution is 0.439. The summed E-state index contributed by atoms with van der Waals surface area (Å²) in [4.78, 5) is 0. The minimum Gasteiger partial charge on any atom is -0.415 e. The van der Waals surface area contributed by atoms with E-state index < -0.39 is 8.69 Å². The summed E-state index contributed by atoms with van der Waals surface area (Å²) in [5.74, 6) is 2.06. The SMILES string of the molecule is CCCCCCCCCCCCCCCCCCC(C)c1ccc(OP(F)Oc2ccc(C(C)CCCCCCCCCCCCCCCCCC)cc2)cc1. The fraction of sp³-hybridized carbons (Fsp3) is 0.769. The van der Waals surface area contributed by atoms with Gasteiger partial charge in [-0.05, 0) is 60.1 Å². The van der Waals surface area contributed by atoms with Crippen molar-refractivity contribution in [3.63, 3.8) is 0 Å². The lowest BCUT2D eigenvalue weighted by Gasteiger charge is -2.15. The first-order valence-corrected chi connectivity index (χ1v) is 25.6. The molecule has 0 bridgehead atoms. The van der Waals surface area contributed by atoms with E-state index in [2.05, 4.69) is 52.0 Å². The monoisotopic (exact) mass is 797 g/mol. The molecule has 4 heteroatoms. The van der Waals surface area contributed by atoms with Gasteiger partial charge in [0, 0.05) is 0 Å². The third-order valence-corrected chi connectivity index (χ3v) is 12.9. The minimum atomic E-state index is -2.54. The van der Waals surface area contributed by atoms with Crippen LogP contribution in [0.15, 0.2) is 48.5 Å². The van der Waals surface area contributed by atoms with Crippen LogP contribution in [0.3, 0.4) is 0 Å². The van der Waals surface area contributed by atoms with Crippen LogP contribution in [0.1, 0.15) is 269 Å². The largest absolute Gasteiger partial charge is 0.505 e. The van der Waals surface area contributed by atoms with E-state index in [0.717, 1.165) is 0 Å². The lowest BCUT2D eigenvalue weighted by Crippen LogP contribution is -1.96. The smallest absolute Gasteiger partial charge is 0.415 e. The fourth-order valence-electron chi connectivity index (χ4n) is 8.23. The Bertz CT molecular complexity index is 1020. The molecule has 2 atom stereocenters. The van der Waals surface area contributed by atoms with Crippen LogP contribution in [0.4, 0.5) is 4.20 Å². The van der Waals surface area contributed by atoms with Gasteiger partial charge in [0.15, 0.2) is 0 Å². The molecular formula is C52H90FO2P. The zero-order chi connectivity index (χ0) is 40.2. The maximum Gasteiger partial charge on any atom is 0.505 e. The van der Waals surface area contributed by atoms with Gasteiger partial charge in [-0.25, -0.2) is 0 Å². The molecule has 0 heterocycles. The van der Waals surface area contributed by atoms with E-state index in [4.69, 9.17) is 9.05 Å². The highest BCUT2D eigenvalue weighted by atomic mass is 31.2. The molecule has 0 aliphatic heterocycles. The molecule has 2 aromatic carbocycles. The summed E-state index contributed by atoms with van der Waals surface area (Å²) in [6.07, 6.45) is 47.3. The van der Waals surface area contributed by atoms with Crippen molar-refractivity contribution in [1.29, 1.82) is 0 Å². The van der Waals surface area contributed by atoms with Gasteiger partial charge in [0.1, 0.15) is 11.5 Å². The van der Waals surface area contributed by atoms with Crippen LogP contribution in [0.2, 0.25) is 0 Å². The van der Waals surface area contributed by atoms with Crippen molar-refractivity contribution in [3.8, 4) is 11.5 Å². The molecule has 0 aromatic heterocycles. The van der Waals surface area contributed by atoms with Gasteiger partial charge in [-0.2, -0.15) is 0 Å². The first kappa shape index (κ1) is 50.5. The van der Waals surface area contributed by atoms with Gasteiger partial charge < -0.3 is 9.05 Å². The van der Waals surface area contributed by atoms with E-state index in [1.165, 1.54) is 229 Å². The van der Waals surface area contributed by atoms with Crippen LogP contribution >= 0.6 is 8.69 Å². The molecule has 56 heavy (non-hydrogen) atoms. The Balaban J connectivity index is 1.45. The predicted molar refractivity (Wildman–Crippen MR) is 247 cm³/mol. The van der Waals surface area contributed by atoms with Crippen LogP contribution in [-0.4, -0.2) is 0 Å². The van der Waals surface area contributed by atoms with E-state index in [1.54, 1.807) is 0 Å². The molecular weight excluding hydrogens is 707 g/mol. The van der Waals surface area contributed by atoms with E-state index in [0.29, 0.717) is 23.3 Å². The van der Waals surface area contributed by atoms with Gasteiger partial charge in [-0.1, -0.05) is 257 Å². The first-order valence-electron chi connectivity index (χ1n) is 24.5. The molecule has 2 unspecified atom stereocenters. The van der Waals surface area contributed by atoms with Gasteiger partial charge in [0.25, 0.3) is 0 Å². The molecule has 2 aromatic rings. The van der Waals surface area contributed by atoms with E-state index in [1.807, 2.05) is 24.3 Å². The van der Waals surface area contributed by atoms with Gasteiger partial charge in [0.05, 0.1) is 0 Å². The summed E-state index contributed by atoms with van der Waals surface area (Å²) in [5.41, 5.74) is 2.60. The highest BCUT2D eigenvalue weighted by Gasteiger charge is 2.16. The molecule has 0 N–H and O–H groups in total. The molecule has 0 spiro atoms. The standard InChI is InChI=1S/C52H90FO2P/c1-5-7-9-11-13-15-17-19-21-23-25-27-29-31-33-35-37-47(3)49-39-43-51(44-40-49)54-56(53)55-52-45-41-50(42-46-52)48(4)38-36-34-32-30-28-26-24-22-20-18-16-14-12-10-8-6-2/h39-48H,5-38H2,1-4H3. The number of hydrogen-bond acceptors (Lipinski definition) is 2. The summed E-state index contributed by atoms with van der Waals surface area (Å²) >= 11 is 0. The average Bonchev–Trinajstić information content (AvgIpc) is 3.20. The van der Waals surface area contributed by atoms with E-state index in [9.17, 15) is 4.20 Å². The second-order valence-electron chi connectivity index (χ2n) is 17.5. The number of hydrogen-bond donors (Lipinski definition) is 0. The van der Waals surface area contributed by atoms with Crippen LogP contribution < -0.4 is 9.05 Å². The Labute approximate surface area is 349 Å². The molecule has 0 saturated carbocycles. The molecule has 322 valence electrons. The lowest BCUT2D eigenvalue weighted by atomic mass is 9.94. The average molecular weight is 797 g/mol. The van der Waals surface area contributed by atoms with Crippen molar-refractivity contribution in [1.82, 2.24) is 0 Å². The van der Waals surface area contributed by atoms with Crippen molar-refractivity contribution < 1.29 is 13.2 Å². The van der Waals surface area contributed by atoms with Gasteiger partial charge in [-0.15, -0.1) is 4.20 Å². The molecule has 2 nitrogen and oxygen atoms in total. The predicted octanol–water partition coefficient (Wildman–Crippen LogP) is 19.9. The summed E-state index contributed by atoms with van der Waals surface area (Å²) in [6, 6.07) is 15.9. The second kappa shape index (κ2) is 36.5. The van der Waals surface area contributed by atoms with Crippen LogP contribution in [-0.2, 0) is 0 Å². The maximum absolute atomic E-state index is 14.8. The molecule has 0 aliphatic rings. The number of unbranched alkanes of at least 4 members (excludes halogenated alkanes) is 30. The Morgan fingerprint density at radius 2 is 0.571 bits per heavy atom. The highest BCUT2D eigenvalue weighted by Crippen LogP contribution is 2.42.